The van der Waals surface area contributed by atoms with E-state index in [9.17, 15) is 0 Å². The zero-order chi connectivity index (χ0) is 11.7. The molecule has 0 aromatic heterocycles. The first-order valence-corrected chi connectivity index (χ1v) is 5.27. The van der Waals surface area contributed by atoms with Crippen LogP contribution in [0.2, 0.25) is 0 Å². The summed E-state index contributed by atoms with van der Waals surface area (Å²) < 4.78 is 0. The molecule has 18 heavy (non-hydrogen) atoms. The van der Waals surface area contributed by atoms with Gasteiger partial charge in [-0.1, -0.05) is 6.92 Å². The maximum atomic E-state index is 4.06. The minimum Gasteiger partial charge on any atom is -0.289 e. The molecule has 0 aliphatic carbocycles. The molecule has 0 saturated carbocycles. The number of benzene rings is 2. The third-order valence-electron chi connectivity index (χ3n) is 2.58. The van der Waals surface area contributed by atoms with Crippen molar-refractivity contribution in [3.05, 3.63) is 72.5 Å². The van der Waals surface area contributed by atoms with Crippen LogP contribution >= 0.6 is 0 Å². The van der Waals surface area contributed by atoms with Gasteiger partial charge in [0, 0.05) is 65.4 Å². The fourth-order valence-electron chi connectivity index (χ4n) is 1.86. The van der Waals surface area contributed by atoms with Gasteiger partial charge in [-0.2, -0.15) is 17.7 Å². The van der Waals surface area contributed by atoms with Gasteiger partial charge in [0.2, 0.25) is 0 Å². The molecule has 0 N–H and O–H groups in total. The first kappa shape index (κ1) is 18.4. The monoisotopic (exact) mass is 384 g/mol. The zero-order valence-corrected chi connectivity index (χ0v) is 16.6. The van der Waals surface area contributed by atoms with Gasteiger partial charge in [0.15, 0.2) is 0 Å². The SMILES string of the molecule is [CH2-]c1cc(C)cc([CH2-])c1-c1[c-]cc(C)c[c-]1.[Y].[Y]. The molecular formula is C16H14Y2-4. The Morgan fingerprint density at radius 1 is 0.833 bits per heavy atom. The molecular weight excluding hydrogens is 370 g/mol. The van der Waals surface area contributed by atoms with Crippen LogP contribution in [-0.4, -0.2) is 0 Å². The van der Waals surface area contributed by atoms with Crippen LogP contribution in [0, 0.1) is 39.8 Å². The third-order valence-corrected chi connectivity index (χ3v) is 2.58. The summed E-state index contributed by atoms with van der Waals surface area (Å²) >= 11 is 0. The molecule has 0 atom stereocenters. The van der Waals surface area contributed by atoms with Crippen LogP contribution in [0.15, 0.2) is 24.3 Å². The molecule has 0 saturated heterocycles. The van der Waals surface area contributed by atoms with E-state index >= 15 is 0 Å². The van der Waals surface area contributed by atoms with Crippen molar-refractivity contribution >= 4 is 0 Å². The van der Waals surface area contributed by atoms with Crippen LogP contribution < -0.4 is 0 Å². The van der Waals surface area contributed by atoms with Crippen molar-refractivity contribution in [3.63, 3.8) is 0 Å². The third kappa shape index (κ3) is 4.20. The maximum Gasteiger partial charge on any atom is 0 e. The van der Waals surface area contributed by atoms with Crippen LogP contribution in [0.3, 0.4) is 0 Å². The maximum absolute atomic E-state index is 4.06. The second kappa shape index (κ2) is 7.85. The van der Waals surface area contributed by atoms with E-state index in [0.29, 0.717) is 0 Å². The van der Waals surface area contributed by atoms with Crippen molar-refractivity contribution in [2.45, 2.75) is 13.8 Å². The Morgan fingerprint density at radius 3 is 1.72 bits per heavy atom. The topological polar surface area (TPSA) is 0 Å². The average molecular weight is 384 g/mol. The minimum atomic E-state index is 0. The zero-order valence-electron chi connectivity index (χ0n) is 10.9. The summed E-state index contributed by atoms with van der Waals surface area (Å²) in [5.41, 5.74) is 6.31. The van der Waals surface area contributed by atoms with Gasteiger partial charge >= 0.3 is 0 Å². The minimum absolute atomic E-state index is 0. The van der Waals surface area contributed by atoms with E-state index in [-0.39, 0.29) is 65.4 Å². The molecule has 2 aromatic carbocycles. The Bertz CT molecular complexity index is 490. The fourth-order valence-corrected chi connectivity index (χ4v) is 1.86. The largest absolute Gasteiger partial charge is 0.289 e. The Labute approximate surface area is 161 Å². The van der Waals surface area contributed by atoms with Gasteiger partial charge in [0.25, 0.3) is 0 Å². The van der Waals surface area contributed by atoms with E-state index in [0.717, 1.165) is 27.8 Å². The molecule has 0 nitrogen and oxygen atoms in total. The summed E-state index contributed by atoms with van der Waals surface area (Å²) in [5.74, 6) is 0. The molecule has 0 fully saturated rings. The van der Waals surface area contributed by atoms with Crippen molar-refractivity contribution < 1.29 is 65.4 Å². The second-order valence-electron chi connectivity index (χ2n) is 4.15. The van der Waals surface area contributed by atoms with E-state index in [1.54, 1.807) is 0 Å². The molecule has 0 aliphatic rings. The van der Waals surface area contributed by atoms with Crippen LogP contribution in [0.25, 0.3) is 11.1 Å². The van der Waals surface area contributed by atoms with Gasteiger partial charge < -0.3 is 0 Å². The molecule has 2 radical (unpaired) electrons. The summed E-state index contributed by atoms with van der Waals surface area (Å²) in [4.78, 5) is 0. The van der Waals surface area contributed by atoms with E-state index in [2.05, 4.69) is 45.0 Å². The number of rotatable bonds is 1. The molecule has 0 bridgehead atoms. The molecule has 2 aromatic rings. The summed E-state index contributed by atoms with van der Waals surface area (Å²) in [5, 5.41) is 0. The van der Waals surface area contributed by atoms with Crippen molar-refractivity contribution in [1.82, 2.24) is 0 Å². The van der Waals surface area contributed by atoms with Gasteiger partial charge in [-0.25, -0.2) is 48.2 Å². The predicted octanol–water partition coefficient (Wildman–Crippen LogP) is 3.93. The Balaban J connectivity index is 0.00000144. The quantitative estimate of drug-likeness (QED) is 0.654. The van der Waals surface area contributed by atoms with E-state index in [1.165, 1.54) is 5.56 Å². The second-order valence-corrected chi connectivity index (χ2v) is 4.15. The number of hydrogen-bond acceptors (Lipinski definition) is 0. The van der Waals surface area contributed by atoms with Gasteiger partial charge in [-0.3, -0.25) is 17.7 Å². The van der Waals surface area contributed by atoms with Gasteiger partial charge in [-0.05, 0) is 0 Å². The van der Waals surface area contributed by atoms with Crippen LogP contribution in [0.4, 0.5) is 0 Å². The average Bonchev–Trinajstić information content (AvgIpc) is 2.19. The number of aryl methyl sites for hydroxylation is 2. The Morgan fingerprint density at radius 2 is 1.28 bits per heavy atom. The molecule has 0 amide bonds. The predicted molar refractivity (Wildman–Crippen MR) is 67.9 cm³/mol. The smallest absolute Gasteiger partial charge is 0 e. The standard InChI is InChI=1S/C16H14.2Y/c1-11-5-7-15(8-6-11)16-13(3)9-12(2)10-14(16)4;;/h5-6,9-10H,3-4H2,1-2H3;;/q-4;;. The van der Waals surface area contributed by atoms with Crippen molar-refractivity contribution in [2.75, 3.05) is 0 Å². The summed E-state index contributed by atoms with van der Waals surface area (Å²) in [6.45, 7) is 12.2. The van der Waals surface area contributed by atoms with Crippen molar-refractivity contribution in [1.29, 1.82) is 0 Å². The molecule has 88 valence electrons. The molecule has 0 heterocycles. The van der Waals surface area contributed by atoms with E-state index in [4.69, 9.17) is 0 Å². The normalized spacial score (nSPS) is 9.22. The first-order valence-electron chi connectivity index (χ1n) is 5.27. The van der Waals surface area contributed by atoms with Crippen LogP contribution in [-0.2, 0) is 65.4 Å². The molecule has 2 rings (SSSR count). The van der Waals surface area contributed by atoms with Gasteiger partial charge in [0.05, 0.1) is 0 Å². The van der Waals surface area contributed by atoms with Crippen LogP contribution in [0.1, 0.15) is 22.3 Å². The van der Waals surface area contributed by atoms with E-state index in [1.807, 2.05) is 19.1 Å². The van der Waals surface area contributed by atoms with Gasteiger partial charge in [0.1, 0.15) is 0 Å². The summed E-state index contributed by atoms with van der Waals surface area (Å²) in [7, 11) is 0. The number of hydrogen-bond donors (Lipinski definition) is 0. The van der Waals surface area contributed by atoms with Crippen LogP contribution in [0.5, 0.6) is 0 Å². The molecule has 0 spiro atoms. The molecule has 0 aliphatic heterocycles. The van der Waals surface area contributed by atoms with Crippen molar-refractivity contribution in [3.8, 4) is 11.1 Å². The Kier molecular flexibility index (Phi) is 8.02. The summed E-state index contributed by atoms with van der Waals surface area (Å²) in [6, 6.07) is 14.5. The van der Waals surface area contributed by atoms with Gasteiger partial charge in [-0.15, -0.1) is 6.92 Å². The first-order chi connectivity index (χ1) is 7.58. The molecule has 2 heteroatoms. The fraction of sp³-hybridized carbons (Fsp3) is 0.125. The summed E-state index contributed by atoms with van der Waals surface area (Å²) in [6.07, 6.45) is 0. The molecule has 0 unspecified atom stereocenters. The Hall–Kier alpha value is 0.388. The van der Waals surface area contributed by atoms with E-state index < -0.39 is 0 Å². The van der Waals surface area contributed by atoms with Crippen molar-refractivity contribution in [2.24, 2.45) is 0 Å².